The van der Waals surface area contributed by atoms with E-state index >= 15 is 0 Å². The number of anilines is 2. The number of nitrogen functional groups attached to an aromatic ring is 2. The molecular formula is C17H13N5O. The van der Waals surface area contributed by atoms with Gasteiger partial charge in [-0.15, -0.1) is 0 Å². The lowest BCUT2D eigenvalue weighted by atomic mass is 10.1. The number of para-hydroxylation sites is 2. The van der Waals surface area contributed by atoms with Crippen molar-refractivity contribution in [2.24, 2.45) is 0 Å². The first-order chi connectivity index (χ1) is 11.2. The third kappa shape index (κ3) is 2.89. The van der Waals surface area contributed by atoms with E-state index in [1.165, 1.54) is 0 Å². The fourth-order valence-corrected chi connectivity index (χ4v) is 2.17. The highest BCUT2D eigenvalue weighted by Crippen LogP contribution is 2.35. The first-order valence-corrected chi connectivity index (χ1v) is 6.84. The van der Waals surface area contributed by atoms with Crippen molar-refractivity contribution >= 4 is 11.8 Å². The molecule has 1 aromatic heterocycles. The molecule has 3 aromatic rings. The minimum Gasteiger partial charge on any atom is -0.457 e. The van der Waals surface area contributed by atoms with Gasteiger partial charge in [0.05, 0.1) is 5.69 Å². The Balaban J connectivity index is 2.14. The summed E-state index contributed by atoms with van der Waals surface area (Å²) < 4.78 is 5.89. The summed E-state index contributed by atoms with van der Waals surface area (Å²) in [6.45, 7) is 0. The van der Waals surface area contributed by atoms with Crippen LogP contribution in [0, 0.1) is 11.3 Å². The molecule has 3 rings (SSSR count). The van der Waals surface area contributed by atoms with Crippen molar-refractivity contribution in [3.63, 3.8) is 0 Å². The van der Waals surface area contributed by atoms with Crippen LogP contribution in [0.5, 0.6) is 11.5 Å². The fraction of sp³-hybridized carbons (Fsp3) is 0. The molecule has 0 aliphatic carbocycles. The SMILES string of the molecule is N#Cc1c(N)nc(N)nc1-c1ccccc1Oc1ccccc1. The van der Waals surface area contributed by atoms with Gasteiger partial charge in [0.25, 0.3) is 0 Å². The Morgan fingerprint density at radius 2 is 1.61 bits per heavy atom. The first-order valence-electron chi connectivity index (χ1n) is 6.84. The van der Waals surface area contributed by atoms with Crippen molar-refractivity contribution in [2.45, 2.75) is 0 Å². The van der Waals surface area contributed by atoms with Crippen molar-refractivity contribution < 1.29 is 4.74 Å². The molecule has 0 spiro atoms. The first kappa shape index (κ1) is 14.4. The summed E-state index contributed by atoms with van der Waals surface area (Å²) in [4.78, 5) is 7.99. The number of aromatic nitrogens is 2. The molecule has 1 heterocycles. The number of nitriles is 1. The molecule has 2 aromatic carbocycles. The topological polar surface area (TPSA) is 111 Å². The van der Waals surface area contributed by atoms with E-state index in [1.54, 1.807) is 12.1 Å². The van der Waals surface area contributed by atoms with Crippen LogP contribution >= 0.6 is 0 Å². The van der Waals surface area contributed by atoms with Gasteiger partial charge in [-0.3, -0.25) is 0 Å². The van der Waals surface area contributed by atoms with Crippen molar-refractivity contribution in [3.8, 4) is 28.8 Å². The van der Waals surface area contributed by atoms with Crippen LogP contribution in [0.15, 0.2) is 54.6 Å². The van der Waals surface area contributed by atoms with E-state index in [0.29, 0.717) is 22.8 Å². The number of rotatable bonds is 3. The molecular weight excluding hydrogens is 290 g/mol. The molecule has 0 saturated carbocycles. The zero-order chi connectivity index (χ0) is 16.2. The van der Waals surface area contributed by atoms with Gasteiger partial charge in [-0.25, -0.2) is 4.98 Å². The molecule has 0 amide bonds. The van der Waals surface area contributed by atoms with Crippen LogP contribution in [-0.2, 0) is 0 Å². The Hall–Kier alpha value is -3.59. The second kappa shape index (κ2) is 6.03. The lowest BCUT2D eigenvalue weighted by molar-refractivity contribution is 0.484. The Labute approximate surface area is 133 Å². The van der Waals surface area contributed by atoms with Crippen LogP contribution in [0.2, 0.25) is 0 Å². The summed E-state index contributed by atoms with van der Waals surface area (Å²) in [6.07, 6.45) is 0. The Kier molecular flexibility index (Phi) is 3.77. The van der Waals surface area contributed by atoms with Gasteiger partial charge in [-0.05, 0) is 24.3 Å². The maximum atomic E-state index is 9.34. The molecule has 4 N–H and O–H groups in total. The summed E-state index contributed by atoms with van der Waals surface area (Å²) in [5.41, 5.74) is 12.6. The Morgan fingerprint density at radius 3 is 2.35 bits per heavy atom. The fourth-order valence-electron chi connectivity index (χ4n) is 2.17. The maximum Gasteiger partial charge on any atom is 0.222 e. The van der Waals surface area contributed by atoms with Crippen LogP contribution in [0.25, 0.3) is 11.3 Å². The summed E-state index contributed by atoms with van der Waals surface area (Å²) in [7, 11) is 0. The van der Waals surface area contributed by atoms with Crippen molar-refractivity contribution in [2.75, 3.05) is 11.5 Å². The van der Waals surface area contributed by atoms with Crippen LogP contribution < -0.4 is 16.2 Å². The van der Waals surface area contributed by atoms with Gasteiger partial charge in [-0.2, -0.15) is 10.2 Å². The predicted molar refractivity (Wildman–Crippen MR) is 87.5 cm³/mol. The number of hydrogen-bond acceptors (Lipinski definition) is 6. The zero-order valence-corrected chi connectivity index (χ0v) is 12.1. The zero-order valence-electron chi connectivity index (χ0n) is 12.1. The highest BCUT2D eigenvalue weighted by Gasteiger charge is 2.17. The maximum absolute atomic E-state index is 9.34. The molecule has 0 radical (unpaired) electrons. The van der Waals surface area contributed by atoms with Gasteiger partial charge in [0, 0.05) is 5.56 Å². The lowest BCUT2D eigenvalue weighted by Gasteiger charge is -2.12. The second-order valence-corrected chi connectivity index (χ2v) is 4.71. The largest absolute Gasteiger partial charge is 0.457 e. The smallest absolute Gasteiger partial charge is 0.222 e. The van der Waals surface area contributed by atoms with Crippen LogP contribution in [0.1, 0.15) is 5.56 Å². The molecule has 0 unspecified atom stereocenters. The minimum absolute atomic E-state index is 0.00557. The second-order valence-electron chi connectivity index (χ2n) is 4.71. The average Bonchev–Trinajstić information content (AvgIpc) is 2.56. The highest BCUT2D eigenvalue weighted by molar-refractivity contribution is 5.77. The van der Waals surface area contributed by atoms with Gasteiger partial charge in [-0.1, -0.05) is 30.3 Å². The number of hydrogen-bond donors (Lipinski definition) is 2. The van der Waals surface area contributed by atoms with Crippen molar-refractivity contribution in [1.29, 1.82) is 5.26 Å². The summed E-state index contributed by atoms with van der Waals surface area (Å²) in [5, 5.41) is 9.34. The van der Waals surface area contributed by atoms with Gasteiger partial charge < -0.3 is 16.2 Å². The molecule has 23 heavy (non-hydrogen) atoms. The normalized spacial score (nSPS) is 10.0. The molecule has 0 aliphatic heterocycles. The quantitative estimate of drug-likeness (QED) is 0.769. The monoisotopic (exact) mass is 303 g/mol. The highest BCUT2D eigenvalue weighted by atomic mass is 16.5. The third-order valence-electron chi connectivity index (χ3n) is 3.18. The van der Waals surface area contributed by atoms with E-state index in [2.05, 4.69) is 9.97 Å². The summed E-state index contributed by atoms with van der Waals surface area (Å²) in [6, 6.07) is 18.6. The number of ether oxygens (including phenoxy) is 1. The van der Waals surface area contributed by atoms with E-state index in [9.17, 15) is 5.26 Å². The Bertz CT molecular complexity index is 887. The van der Waals surface area contributed by atoms with Gasteiger partial charge >= 0.3 is 0 Å². The van der Waals surface area contributed by atoms with E-state index < -0.39 is 0 Å². The minimum atomic E-state index is 0.00557. The van der Waals surface area contributed by atoms with Crippen molar-refractivity contribution in [3.05, 3.63) is 60.2 Å². The van der Waals surface area contributed by atoms with Crippen molar-refractivity contribution in [1.82, 2.24) is 9.97 Å². The van der Waals surface area contributed by atoms with E-state index in [-0.39, 0.29) is 17.3 Å². The van der Waals surface area contributed by atoms with Gasteiger partial charge in [0.15, 0.2) is 0 Å². The number of nitrogens with two attached hydrogens (primary N) is 2. The molecule has 112 valence electrons. The number of benzene rings is 2. The van der Waals surface area contributed by atoms with E-state index in [1.807, 2.05) is 48.5 Å². The Morgan fingerprint density at radius 1 is 0.913 bits per heavy atom. The van der Waals surface area contributed by atoms with Crippen LogP contribution in [-0.4, -0.2) is 9.97 Å². The molecule has 0 bridgehead atoms. The van der Waals surface area contributed by atoms with Crippen LogP contribution in [0.4, 0.5) is 11.8 Å². The predicted octanol–water partition coefficient (Wildman–Crippen LogP) is 2.97. The third-order valence-corrected chi connectivity index (χ3v) is 3.18. The van der Waals surface area contributed by atoms with E-state index in [4.69, 9.17) is 16.2 Å². The van der Waals surface area contributed by atoms with Gasteiger partial charge in [0.2, 0.25) is 5.95 Å². The van der Waals surface area contributed by atoms with E-state index in [0.717, 1.165) is 0 Å². The van der Waals surface area contributed by atoms with Gasteiger partial charge in [0.1, 0.15) is 28.9 Å². The average molecular weight is 303 g/mol. The lowest BCUT2D eigenvalue weighted by Crippen LogP contribution is -2.05. The molecule has 0 saturated heterocycles. The van der Waals surface area contributed by atoms with Crippen LogP contribution in [0.3, 0.4) is 0 Å². The molecule has 0 fully saturated rings. The molecule has 0 atom stereocenters. The standard InChI is InChI=1S/C17H13N5O/c18-10-13-15(21-17(20)22-16(13)19)12-8-4-5-9-14(12)23-11-6-2-1-3-7-11/h1-9H,(H4,19,20,21,22). The number of nitrogens with zero attached hydrogens (tertiary/aromatic N) is 3. The molecule has 0 aliphatic rings. The molecule has 6 nitrogen and oxygen atoms in total. The molecule has 6 heteroatoms. The summed E-state index contributed by atoms with van der Waals surface area (Å²) in [5.74, 6) is 1.27. The summed E-state index contributed by atoms with van der Waals surface area (Å²) >= 11 is 0.